The van der Waals surface area contributed by atoms with Crippen molar-refractivity contribution in [2.24, 2.45) is 11.7 Å². The van der Waals surface area contributed by atoms with Crippen molar-refractivity contribution in [2.45, 2.75) is 59.0 Å². The smallest absolute Gasteiger partial charge is 0.328 e. The fraction of sp³-hybridized carbons (Fsp3) is 0.800. The Balaban J connectivity index is 0. The van der Waals surface area contributed by atoms with Crippen molar-refractivity contribution in [3.05, 3.63) is 0 Å². The topological polar surface area (TPSA) is 108 Å². The molecule has 0 radical (unpaired) electrons. The Labute approximate surface area is 144 Å². The third-order valence-corrected chi connectivity index (χ3v) is 2.89. The summed E-state index contributed by atoms with van der Waals surface area (Å²) < 4.78 is 9.72. The van der Waals surface area contributed by atoms with Crippen LogP contribution in [0.4, 0.5) is 0 Å². The van der Waals surface area contributed by atoms with Crippen LogP contribution in [0.1, 0.15) is 47.0 Å². The van der Waals surface area contributed by atoms with Crippen molar-refractivity contribution in [3.8, 4) is 0 Å². The molecule has 3 N–H and O–H groups in total. The first-order valence-corrected chi connectivity index (χ1v) is 7.69. The van der Waals surface area contributed by atoms with Crippen molar-refractivity contribution in [1.82, 2.24) is 5.32 Å². The third kappa shape index (κ3) is 10.9. The molecule has 8 heteroatoms. The molecule has 0 heterocycles. The second-order valence-corrected chi connectivity index (χ2v) is 5.39. The number of ether oxygens (including phenoxy) is 2. The highest BCUT2D eigenvalue weighted by molar-refractivity contribution is 5.87. The Kier molecular flexibility index (Phi) is 13.7. The predicted molar refractivity (Wildman–Crippen MR) is 89.1 cm³/mol. The molecule has 0 rings (SSSR count). The summed E-state index contributed by atoms with van der Waals surface area (Å²) in [6.45, 7) is 7.75. The first-order chi connectivity index (χ1) is 10.3. The van der Waals surface area contributed by atoms with Gasteiger partial charge >= 0.3 is 11.9 Å². The van der Waals surface area contributed by atoms with E-state index in [1.165, 1.54) is 0 Å². The van der Waals surface area contributed by atoms with Gasteiger partial charge in [0.05, 0.1) is 19.3 Å². The fourth-order valence-electron chi connectivity index (χ4n) is 1.88. The third-order valence-electron chi connectivity index (χ3n) is 2.89. The van der Waals surface area contributed by atoms with Gasteiger partial charge in [-0.25, -0.2) is 4.79 Å². The standard InChI is InChI=1S/C15H28N2O5.ClH/c1-5-21-13(18)8-7-12(15(20)22-6-2)17-14(19)11(16)9-10(3)4;/h10-12H,5-9,16H2,1-4H3,(H,17,19);1H/t11-,12+;/m0./s1. The number of hydrogen-bond acceptors (Lipinski definition) is 6. The maximum Gasteiger partial charge on any atom is 0.328 e. The second kappa shape index (κ2) is 13.1. The maximum atomic E-state index is 12.0. The van der Waals surface area contributed by atoms with Crippen LogP contribution in [0.15, 0.2) is 0 Å². The largest absolute Gasteiger partial charge is 0.466 e. The Hall–Kier alpha value is -1.34. The minimum atomic E-state index is -0.893. The van der Waals surface area contributed by atoms with Gasteiger partial charge in [-0.05, 0) is 32.6 Å². The van der Waals surface area contributed by atoms with Gasteiger partial charge in [0.25, 0.3) is 0 Å². The van der Waals surface area contributed by atoms with Gasteiger partial charge in [0.15, 0.2) is 0 Å². The van der Waals surface area contributed by atoms with E-state index < -0.39 is 29.9 Å². The summed E-state index contributed by atoms with van der Waals surface area (Å²) in [5, 5.41) is 2.56. The molecule has 0 saturated heterocycles. The highest BCUT2D eigenvalue weighted by atomic mass is 35.5. The minimum Gasteiger partial charge on any atom is -0.466 e. The van der Waals surface area contributed by atoms with Gasteiger partial charge in [-0.3, -0.25) is 9.59 Å². The zero-order valence-corrected chi connectivity index (χ0v) is 15.1. The van der Waals surface area contributed by atoms with Gasteiger partial charge in [-0.15, -0.1) is 12.4 Å². The van der Waals surface area contributed by atoms with E-state index in [2.05, 4.69) is 5.32 Å². The molecule has 23 heavy (non-hydrogen) atoms. The lowest BCUT2D eigenvalue weighted by atomic mass is 10.0. The number of esters is 2. The van der Waals surface area contributed by atoms with Crippen molar-refractivity contribution >= 4 is 30.3 Å². The summed E-state index contributed by atoms with van der Waals surface area (Å²) in [4.78, 5) is 35.3. The molecule has 0 aromatic heterocycles. The van der Waals surface area contributed by atoms with Crippen LogP contribution in [-0.4, -0.2) is 43.1 Å². The van der Waals surface area contributed by atoms with Gasteiger partial charge in [-0.2, -0.15) is 0 Å². The van der Waals surface area contributed by atoms with Crippen molar-refractivity contribution in [3.63, 3.8) is 0 Å². The van der Waals surface area contributed by atoms with Crippen molar-refractivity contribution in [2.75, 3.05) is 13.2 Å². The average molecular weight is 353 g/mol. The van der Waals surface area contributed by atoms with Crippen LogP contribution in [-0.2, 0) is 23.9 Å². The Morgan fingerprint density at radius 1 is 1.09 bits per heavy atom. The van der Waals surface area contributed by atoms with E-state index in [0.29, 0.717) is 6.42 Å². The van der Waals surface area contributed by atoms with E-state index >= 15 is 0 Å². The molecule has 2 atom stereocenters. The van der Waals surface area contributed by atoms with E-state index in [0.717, 1.165) is 0 Å². The van der Waals surface area contributed by atoms with E-state index in [9.17, 15) is 14.4 Å². The number of carbonyl (C=O) groups excluding carboxylic acids is 3. The molecule has 0 aromatic carbocycles. The lowest BCUT2D eigenvalue weighted by Gasteiger charge is -2.20. The van der Waals surface area contributed by atoms with Crippen LogP contribution in [0.3, 0.4) is 0 Å². The molecule has 0 aliphatic heterocycles. The molecular formula is C15H29ClN2O5. The average Bonchev–Trinajstić information content (AvgIpc) is 2.42. The summed E-state index contributed by atoms with van der Waals surface area (Å²) >= 11 is 0. The summed E-state index contributed by atoms with van der Waals surface area (Å²) in [6, 6.07) is -1.59. The molecule has 7 nitrogen and oxygen atoms in total. The molecule has 0 unspecified atom stereocenters. The highest BCUT2D eigenvalue weighted by Gasteiger charge is 2.26. The van der Waals surface area contributed by atoms with Gasteiger partial charge in [0, 0.05) is 6.42 Å². The van der Waals surface area contributed by atoms with E-state index in [1.54, 1.807) is 13.8 Å². The lowest BCUT2D eigenvalue weighted by Crippen LogP contribution is -2.49. The summed E-state index contributed by atoms with van der Waals surface area (Å²) in [5.74, 6) is -1.15. The summed E-state index contributed by atoms with van der Waals surface area (Å²) in [6.07, 6.45) is 0.661. The van der Waals surface area contributed by atoms with Crippen LogP contribution in [0.2, 0.25) is 0 Å². The molecule has 0 aliphatic rings. The second-order valence-electron chi connectivity index (χ2n) is 5.39. The number of rotatable bonds is 10. The number of halogens is 1. The van der Waals surface area contributed by atoms with Gasteiger partial charge in [0.2, 0.25) is 5.91 Å². The number of nitrogens with two attached hydrogens (primary N) is 1. The quantitative estimate of drug-likeness (QED) is 0.571. The molecular weight excluding hydrogens is 324 g/mol. The number of amides is 1. The van der Waals surface area contributed by atoms with Crippen LogP contribution < -0.4 is 11.1 Å². The predicted octanol–water partition coefficient (Wildman–Crippen LogP) is 1.17. The van der Waals surface area contributed by atoms with Gasteiger partial charge < -0.3 is 20.5 Å². The van der Waals surface area contributed by atoms with Crippen LogP contribution in [0.5, 0.6) is 0 Å². The van der Waals surface area contributed by atoms with Crippen molar-refractivity contribution < 1.29 is 23.9 Å². The van der Waals surface area contributed by atoms with E-state index in [1.807, 2.05) is 13.8 Å². The highest BCUT2D eigenvalue weighted by Crippen LogP contribution is 2.06. The van der Waals surface area contributed by atoms with E-state index in [-0.39, 0.29) is 44.4 Å². The lowest BCUT2D eigenvalue weighted by molar-refractivity contribution is -0.149. The molecule has 0 fully saturated rings. The Morgan fingerprint density at radius 3 is 2.13 bits per heavy atom. The van der Waals surface area contributed by atoms with Crippen molar-refractivity contribution in [1.29, 1.82) is 0 Å². The van der Waals surface area contributed by atoms with Gasteiger partial charge in [-0.1, -0.05) is 13.8 Å². The molecule has 0 saturated carbocycles. The molecule has 1 amide bonds. The summed E-state index contributed by atoms with van der Waals surface area (Å²) in [5.41, 5.74) is 5.79. The molecule has 0 bridgehead atoms. The van der Waals surface area contributed by atoms with E-state index in [4.69, 9.17) is 15.2 Å². The monoisotopic (exact) mass is 352 g/mol. The summed E-state index contributed by atoms with van der Waals surface area (Å²) in [7, 11) is 0. The molecule has 0 aromatic rings. The number of hydrogen-bond donors (Lipinski definition) is 2. The van der Waals surface area contributed by atoms with Crippen LogP contribution in [0, 0.1) is 5.92 Å². The number of nitrogens with one attached hydrogen (secondary N) is 1. The van der Waals surface area contributed by atoms with Crippen LogP contribution >= 0.6 is 12.4 Å². The maximum absolute atomic E-state index is 12.0. The SMILES string of the molecule is CCOC(=O)CC[C@@H](NC(=O)[C@@H](N)CC(C)C)C(=O)OCC.Cl. The first kappa shape index (κ1) is 23.9. The van der Waals surface area contributed by atoms with Crippen LogP contribution in [0.25, 0.3) is 0 Å². The first-order valence-electron chi connectivity index (χ1n) is 7.69. The zero-order chi connectivity index (χ0) is 17.1. The zero-order valence-electron chi connectivity index (χ0n) is 14.3. The number of carbonyl (C=O) groups is 3. The Morgan fingerprint density at radius 2 is 1.65 bits per heavy atom. The van der Waals surface area contributed by atoms with Gasteiger partial charge in [0.1, 0.15) is 6.04 Å². The molecule has 0 aliphatic carbocycles. The fourth-order valence-corrected chi connectivity index (χ4v) is 1.88. The normalized spacial score (nSPS) is 12.8. The minimum absolute atomic E-state index is 0. The Bertz CT molecular complexity index is 377. The molecule has 0 spiro atoms. The molecule has 136 valence electrons.